The molecule has 0 bridgehead atoms. The van der Waals surface area contributed by atoms with Crippen LogP contribution in [0.5, 0.6) is 0 Å². The van der Waals surface area contributed by atoms with E-state index in [0.29, 0.717) is 10.8 Å². The maximum absolute atomic E-state index is 12.3. The molecule has 250 valence electrons. The molecular formula is C40H51ClN4O2. The van der Waals surface area contributed by atoms with Gasteiger partial charge in [-0.3, -0.25) is 19.6 Å². The molecule has 1 aliphatic carbocycles. The van der Waals surface area contributed by atoms with Gasteiger partial charge in [-0.05, 0) is 117 Å². The smallest absolute Gasteiger partial charge is 0.307 e. The second kappa shape index (κ2) is 12.8. The summed E-state index contributed by atoms with van der Waals surface area (Å²) in [6.45, 7) is 16.5. The zero-order chi connectivity index (χ0) is 32.9. The molecule has 0 amide bonds. The van der Waals surface area contributed by atoms with Crippen LogP contribution in [0.4, 0.5) is 5.69 Å². The number of anilines is 1. The Balaban J connectivity index is 1.26. The summed E-state index contributed by atoms with van der Waals surface area (Å²) in [5.41, 5.74) is 12.4. The number of benzene rings is 2. The number of aromatic nitrogens is 1. The lowest BCUT2D eigenvalue weighted by molar-refractivity contribution is -0.136. The molecule has 1 aromatic heterocycles. The molecule has 7 heteroatoms. The molecule has 2 saturated heterocycles. The number of fused-ring (bicyclic) bond motifs is 1. The number of piperidine rings is 2. The van der Waals surface area contributed by atoms with E-state index < -0.39 is 5.97 Å². The second-order valence-electron chi connectivity index (χ2n) is 15.8. The fourth-order valence-corrected chi connectivity index (χ4v) is 8.60. The monoisotopic (exact) mass is 654 g/mol. The topological polar surface area (TPSA) is 59.9 Å². The molecule has 1 saturated carbocycles. The number of nitrogens with zero attached hydrogens (tertiary/aromatic N) is 4. The van der Waals surface area contributed by atoms with Gasteiger partial charge in [0, 0.05) is 61.1 Å². The summed E-state index contributed by atoms with van der Waals surface area (Å²) in [7, 11) is 0. The minimum Gasteiger partial charge on any atom is -0.481 e. The SMILES string of the molecule is Cc1cccc(Cl)c1CN1CCc2cc(-c3c(CN4CCC5(CC4)CC5)nc(C)c(CC(=O)O)c3N3CCC(C)(C)CC3)ccc2C1. The van der Waals surface area contributed by atoms with Gasteiger partial charge in [-0.25, -0.2) is 0 Å². The zero-order valence-electron chi connectivity index (χ0n) is 28.8. The van der Waals surface area contributed by atoms with Crippen LogP contribution in [-0.2, 0) is 37.3 Å². The van der Waals surface area contributed by atoms with E-state index >= 15 is 0 Å². The summed E-state index contributed by atoms with van der Waals surface area (Å²) >= 11 is 6.61. The number of carboxylic acids is 1. The molecule has 6 nitrogen and oxygen atoms in total. The van der Waals surface area contributed by atoms with Gasteiger partial charge in [0.25, 0.3) is 0 Å². The van der Waals surface area contributed by atoms with E-state index in [1.165, 1.54) is 53.5 Å². The first-order valence-corrected chi connectivity index (χ1v) is 18.2. The average molecular weight is 655 g/mol. The van der Waals surface area contributed by atoms with Crippen molar-refractivity contribution in [1.82, 2.24) is 14.8 Å². The van der Waals surface area contributed by atoms with Gasteiger partial charge in [-0.15, -0.1) is 0 Å². The highest BCUT2D eigenvalue weighted by Crippen LogP contribution is 2.54. The lowest BCUT2D eigenvalue weighted by atomic mass is 9.81. The number of rotatable bonds is 8. The van der Waals surface area contributed by atoms with Crippen LogP contribution in [0.2, 0.25) is 5.02 Å². The highest BCUT2D eigenvalue weighted by Gasteiger charge is 2.44. The van der Waals surface area contributed by atoms with Crippen LogP contribution in [0.15, 0.2) is 36.4 Å². The van der Waals surface area contributed by atoms with Gasteiger partial charge in [0.15, 0.2) is 0 Å². The van der Waals surface area contributed by atoms with Crippen LogP contribution in [0.1, 0.15) is 91.6 Å². The summed E-state index contributed by atoms with van der Waals surface area (Å²) in [4.78, 5) is 25.2. The Morgan fingerprint density at radius 1 is 0.872 bits per heavy atom. The van der Waals surface area contributed by atoms with Crippen molar-refractivity contribution in [1.29, 1.82) is 0 Å². The van der Waals surface area contributed by atoms with Gasteiger partial charge in [0.2, 0.25) is 0 Å². The van der Waals surface area contributed by atoms with Gasteiger partial charge in [0.05, 0.1) is 17.8 Å². The maximum atomic E-state index is 12.3. The van der Waals surface area contributed by atoms with E-state index in [4.69, 9.17) is 16.6 Å². The van der Waals surface area contributed by atoms with Crippen molar-refractivity contribution < 1.29 is 9.90 Å². The third-order valence-corrected chi connectivity index (χ3v) is 12.2. The van der Waals surface area contributed by atoms with E-state index in [9.17, 15) is 9.90 Å². The Kier molecular flexibility index (Phi) is 8.90. The molecule has 0 radical (unpaired) electrons. The quantitative estimate of drug-likeness (QED) is 0.264. The normalized spacial score (nSPS) is 20.7. The minimum absolute atomic E-state index is 0.00502. The van der Waals surface area contributed by atoms with E-state index in [-0.39, 0.29) is 6.42 Å². The van der Waals surface area contributed by atoms with Crippen LogP contribution in [-0.4, -0.2) is 58.6 Å². The first kappa shape index (κ1) is 32.6. The van der Waals surface area contributed by atoms with Crippen molar-refractivity contribution in [3.05, 3.63) is 80.6 Å². The number of hydrogen-bond acceptors (Lipinski definition) is 5. The average Bonchev–Trinajstić information content (AvgIpc) is 3.80. The molecule has 7 rings (SSSR count). The summed E-state index contributed by atoms with van der Waals surface area (Å²) in [6.07, 6.45) is 8.52. The lowest BCUT2D eigenvalue weighted by Crippen LogP contribution is -2.39. The van der Waals surface area contributed by atoms with Crippen molar-refractivity contribution >= 4 is 23.3 Å². The zero-order valence-corrected chi connectivity index (χ0v) is 29.6. The summed E-state index contributed by atoms with van der Waals surface area (Å²) in [5, 5.41) is 10.9. The minimum atomic E-state index is -0.794. The molecule has 47 heavy (non-hydrogen) atoms. The van der Waals surface area contributed by atoms with Crippen LogP contribution in [0.25, 0.3) is 11.1 Å². The Morgan fingerprint density at radius 2 is 1.62 bits per heavy atom. The summed E-state index contributed by atoms with van der Waals surface area (Å²) in [6, 6.07) is 13.2. The van der Waals surface area contributed by atoms with Crippen molar-refractivity contribution in [2.45, 2.75) is 98.7 Å². The molecule has 2 aromatic carbocycles. The van der Waals surface area contributed by atoms with E-state index in [2.05, 4.69) is 59.7 Å². The highest BCUT2D eigenvalue weighted by molar-refractivity contribution is 6.31. The van der Waals surface area contributed by atoms with Gasteiger partial charge < -0.3 is 10.0 Å². The molecule has 1 spiro atoms. The first-order chi connectivity index (χ1) is 22.5. The number of pyridine rings is 1. The fraction of sp³-hybridized carbons (Fsp3) is 0.550. The van der Waals surface area contributed by atoms with Gasteiger partial charge in [-0.1, -0.05) is 55.8 Å². The number of aliphatic carboxylic acids is 1. The van der Waals surface area contributed by atoms with Crippen molar-refractivity contribution in [3.63, 3.8) is 0 Å². The predicted octanol–water partition coefficient (Wildman–Crippen LogP) is 8.21. The van der Waals surface area contributed by atoms with Crippen molar-refractivity contribution in [2.75, 3.05) is 37.6 Å². The van der Waals surface area contributed by atoms with Crippen LogP contribution < -0.4 is 4.90 Å². The van der Waals surface area contributed by atoms with E-state index in [0.717, 1.165) is 105 Å². The van der Waals surface area contributed by atoms with Gasteiger partial charge in [-0.2, -0.15) is 0 Å². The molecule has 0 unspecified atom stereocenters. The molecular weight excluding hydrogens is 604 g/mol. The van der Waals surface area contributed by atoms with Crippen LogP contribution in [0.3, 0.4) is 0 Å². The Labute approximate surface area is 286 Å². The predicted molar refractivity (Wildman–Crippen MR) is 191 cm³/mol. The first-order valence-electron chi connectivity index (χ1n) is 17.8. The largest absolute Gasteiger partial charge is 0.481 e. The molecule has 3 aliphatic heterocycles. The fourth-order valence-electron chi connectivity index (χ4n) is 8.32. The molecule has 3 aromatic rings. The third-order valence-electron chi connectivity index (χ3n) is 11.9. The number of hydrogen-bond donors (Lipinski definition) is 1. The third kappa shape index (κ3) is 6.97. The summed E-state index contributed by atoms with van der Waals surface area (Å²) < 4.78 is 0. The van der Waals surface area contributed by atoms with Crippen LogP contribution >= 0.6 is 11.6 Å². The Bertz CT molecular complexity index is 1640. The van der Waals surface area contributed by atoms with Crippen LogP contribution in [0, 0.1) is 24.7 Å². The Morgan fingerprint density at radius 3 is 2.30 bits per heavy atom. The summed E-state index contributed by atoms with van der Waals surface area (Å²) in [5.74, 6) is -0.794. The standard InChI is InChI=1S/C40H51ClN4O2/c1-27-6-5-7-34(41)33(27)25-44-17-10-29-22-30(8-9-31(29)24-44)37-35(26-43-18-15-40(11-12-40)16-19-43)42-28(2)32(23-36(46)47)38(37)45-20-13-39(3,4)14-21-45/h5-9,22H,10-21,23-26H2,1-4H3,(H,46,47). The number of likely N-dealkylation sites (tertiary alicyclic amines) is 1. The number of carbonyl (C=O) groups is 1. The number of halogens is 1. The Hall–Kier alpha value is -2.93. The maximum Gasteiger partial charge on any atom is 0.307 e. The van der Waals surface area contributed by atoms with E-state index in [1.54, 1.807) is 0 Å². The number of aryl methyl sites for hydroxylation is 2. The molecule has 4 aliphatic rings. The molecule has 0 atom stereocenters. The van der Waals surface area contributed by atoms with Gasteiger partial charge >= 0.3 is 5.97 Å². The van der Waals surface area contributed by atoms with Gasteiger partial charge in [0.1, 0.15) is 0 Å². The lowest BCUT2D eigenvalue weighted by Gasteiger charge is -2.41. The highest BCUT2D eigenvalue weighted by atomic mass is 35.5. The molecule has 3 fully saturated rings. The second-order valence-corrected chi connectivity index (χ2v) is 16.2. The van der Waals surface area contributed by atoms with Crippen molar-refractivity contribution in [2.24, 2.45) is 10.8 Å². The molecule has 1 N–H and O–H groups in total. The molecule has 4 heterocycles. The van der Waals surface area contributed by atoms with Crippen molar-refractivity contribution in [3.8, 4) is 11.1 Å². The number of carboxylic acid groups (broad SMARTS) is 1. The van der Waals surface area contributed by atoms with E-state index in [1.807, 2.05) is 19.1 Å².